The predicted octanol–water partition coefficient (Wildman–Crippen LogP) is 5.06. The van der Waals surface area contributed by atoms with E-state index in [9.17, 15) is 36.2 Å². The first-order valence-electron chi connectivity index (χ1n) is 12.2. The summed E-state index contributed by atoms with van der Waals surface area (Å²) in [5.74, 6) is -4.05. The van der Waals surface area contributed by atoms with Gasteiger partial charge in [0.15, 0.2) is 0 Å². The third-order valence-electron chi connectivity index (χ3n) is 6.23. The molecule has 1 saturated carbocycles. The van der Waals surface area contributed by atoms with Gasteiger partial charge in [0, 0.05) is 28.2 Å². The fourth-order valence-electron chi connectivity index (χ4n) is 4.28. The lowest BCUT2D eigenvalue weighted by atomic mass is 9.95. The van der Waals surface area contributed by atoms with Crippen molar-refractivity contribution in [2.75, 3.05) is 21.7 Å². The number of benzene rings is 2. The zero-order chi connectivity index (χ0) is 28.7. The SMILES string of the molecule is C[C@H](C(=O)NC1CCCCC1)N(C(=O)C[S@@](=O)CC(=O)Nc1ccc(F)cc1)c1ccc(Cl)c(C(F)(F)F)c1. The molecule has 212 valence electrons. The summed E-state index contributed by atoms with van der Waals surface area (Å²) < 4.78 is 66.3. The predicted molar refractivity (Wildman–Crippen MR) is 141 cm³/mol. The van der Waals surface area contributed by atoms with Crippen LogP contribution in [0.25, 0.3) is 0 Å². The molecule has 2 N–H and O–H groups in total. The molecule has 2 aromatic rings. The van der Waals surface area contributed by atoms with Gasteiger partial charge in [0.25, 0.3) is 0 Å². The van der Waals surface area contributed by atoms with Gasteiger partial charge in [-0.2, -0.15) is 13.2 Å². The van der Waals surface area contributed by atoms with Crippen LogP contribution in [0.1, 0.15) is 44.6 Å². The minimum absolute atomic E-state index is 0.120. The number of anilines is 2. The second-order valence-corrected chi connectivity index (χ2v) is 11.1. The highest BCUT2D eigenvalue weighted by Crippen LogP contribution is 2.37. The molecule has 0 unspecified atom stereocenters. The third-order valence-corrected chi connectivity index (χ3v) is 7.71. The number of carbonyl (C=O) groups excluding carboxylic acids is 3. The number of nitrogens with zero attached hydrogens (tertiary/aromatic N) is 1. The highest BCUT2D eigenvalue weighted by atomic mass is 35.5. The van der Waals surface area contributed by atoms with Crippen molar-refractivity contribution >= 4 is 51.5 Å². The number of rotatable bonds is 9. The molecule has 3 rings (SSSR count). The van der Waals surface area contributed by atoms with Gasteiger partial charge in [0.05, 0.1) is 10.6 Å². The Hall–Kier alpha value is -2.99. The molecule has 0 spiro atoms. The summed E-state index contributed by atoms with van der Waals surface area (Å²) >= 11 is 5.74. The number of hydrogen-bond acceptors (Lipinski definition) is 4. The van der Waals surface area contributed by atoms with E-state index in [1.54, 1.807) is 0 Å². The molecule has 0 saturated heterocycles. The second kappa shape index (κ2) is 13.4. The van der Waals surface area contributed by atoms with Gasteiger partial charge in [0.2, 0.25) is 17.7 Å². The van der Waals surface area contributed by atoms with Gasteiger partial charge in [-0.3, -0.25) is 23.5 Å². The molecule has 0 bridgehead atoms. The summed E-state index contributed by atoms with van der Waals surface area (Å²) in [4.78, 5) is 39.4. The lowest BCUT2D eigenvalue weighted by Gasteiger charge is -2.31. The molecule has 7 nitrogen and oxygen atoms in total. The normalized spacial score (nSPS) is 15.7. The van der Waals surface area contributed by atoms with E-state index in [-0.39, 0.29) is 17.4 Å². The number of hydrogen-bond donors (Lipinski definition) is 2. The van der Waals surface area contributed by atoms with Gasteiger partial charge in [0.1, 0.15) is 23.4 Å². The van der Waals surface area contributed by atoms with Crippen LogP contribution in [0, 0.1) is 5.82 Å². The third kappa shape index (κ3) is 8.76. The van der Waals surface area contributed by atoms with E-state index in [1.807, 2.05) is 0 Å². The topological polar surface area (TPSA) is 95.6 Å². The molecule has 2 atom stereocenters. The largest absolute Gasteiger partial charge is 0.417 e. The van der Waals surface area contributed by atoms with Gasteiger partial charge < -0.3 is 10.6 Å². The first kappa shape index (κ1) is 30.6. The minimum atomic E-state index is -4.82. The van der Waals surface area contributed by atoms with Crippen LogP contribution in [-0.2, 0) is 31.4 Å². The number of nitrogens with one attached hydrogen (secondary N) is 2. The summed E-state index contributed by atoms with van der Waals surface area (Å²) in [5.41, 5.74) is -1.20. The van der Waals surface area contributed by atoms with Crippen LogP contribution in [0.15, 0.2) is 42.5 Å². The van der Waals surface area contributed by atoms with Crippen molar-refractivity contribution in [1.82, 2.24) is 5.32 Å². The van der Waals surface area contributed by atoms with Gasteiger partial charge in [-0.05, 0) is 62.2 Å². The molecule has 1 aliphatic rings. The lowest BCUT2D eigenvalue weighted by molar-refractivity contribution is -0.137. The summed E-state index contributed by atoms with van der Waals surface area (Å²) in [7, 11) is -2.07. The fraction of sp³-hybridized carbons (Fsp3) is 0.423. The van der Waals surface area contributed by atoms with E-state index in [0.717, 1.165) is 55.2 Å². The summed E-state index contributed by atoms with van der Waals surface area (Å²) in [5, 5.41) is 4.69. The van der Waals surface area contributed by atoms with Crippen LogP contribution in [-0.4, -0.2) is 45.5 Å². The number of amides is 3. The van der Waals surface area contributed by atoms with E-state index in [4.69, 9.17) is 11.6 Å². The molecular formula is C26H28ClF4N3O4S. The van der Waals surface area contributed by atoms with Crippen molar-refractivity contribution in [1.29, 1.82) is 0 Å². The number of carbonyl (C=O) groups is 3. The molecule has 0 heterocycles. The maximum atomic E-state index is 13.5. The molecule has 0 aromatic heterocycles. The van der Waals surface area contributed by atoms with Gasteiger partial charge in [-0.1, -0.05) is 30.9 Å². The molecule has 1 aliphatic carbocycles. The second-order valence-electron chi connectivity index (χ2n) is 9.23. The maximum absolute atomic E-state index is 13.5. The van der Waals surface area contributed by atoms with Crippen LogP contribution in [0.4, 0.5) is 28.9 Å². The Bertz CT molecular complexity index is 1220. The summed E-state index contributed by atoms with van der Waals surface area (Å²) in [6.07, 6.45) is -0.438. The molecule has 3 amide bonds. The number of alkyl halides is 3. The van der Waals surface area contributed by atoms with Gasteiger partial charge in [-0.15, -0.1) is 0 Å². The zero-order valence-electron chi connectivity index (χ0n) is 21.0. The summed E-state index contributed by atoms with van der Waals surface area (Å²) in [6, 6.07) is 6.28. The number of halogens is 5. The molecule has 0 radical (unpaired) electrons. The lowest BCUT2D eigenvalue weighted by Crippen LogP contribution is -2.52. The van der Waals surface area contributed by atoms with Gasteiger partial charge in [-0.25, -0.2) is 4.39 Å². The van der Waals surface area contributed by atoms with E-state index in [0.29, 0.717) is 6.07 Å². The van der Waals surface area contributed by atoms with Crippen LogP contribution >= 0.6 is 11.6 Å². The van der Waals surface area contributed by atoms with Crippen LogP contribution < -0.4 is 15.5 Å². The fourth-order valence-corrected chi connectivity index (χ4v) is 5.39. The quantitative estimate of drug-likeness (QED) is 0.400. The first-order chi connectivity index (χ1) is 18.3. The van der Waals surface area contributed by atoms with Crippen molar-refractivity contribution in [3.05, 3.63) is 58.9 Å². The van der Waals surface area contributed by atoms with Crippen LogP contribution in [0.3, 0.4) is 0 Å². The smallest absolute Gasteiger partial charge is 0.352 e. The molecule has 2 aromatic carbocycles. The molecular weight excluding hydrogens is 562 g/mol. The van der Waals surface area contributed by atoms with Crippen LogP contribution in [0.5, 0.6) is 0 Å². The average molecular weight is 590 g/mol. The summed E-state index contributed by atoms with van der Waals surface area (Å²) in [6.45, 7) is 1.36. The van der Waals surface area contributed by atoms with Crippen molar-refractivity contribution in [3.63, 3.8) is 0 Å². The van der Waals surface area contributed by atoms with Crippen molar-refractivity contribution in [2.24, 2.45) is 0 Å². The van der Waals surface area contributed by atoms with E-state index in [1.165, 1.54) is 25.1 Å². The van der Waals surface area contributed by atoms with Crippen LogP contribution in [0.2, 0.25) is 5.02 Å². The highest BCUT2D eigenvalue weighted by molar-refractivity contribution is 7.86. The first-order valence-corrected chi connectivity index (χ1v) is 14.1. The van der Waals surface area contributed by atoms with E-state index in [2.05, 4.69) is 10.6 Å². The standard InChI is InChI=1S/C26H28ClF4N3O4S/c1-16(25(37)33-18-5-3-2-4-6-18)34(20-11-12-22(27)21(13-20)26(29,30)31)24(36)15-39(38)14-23(35)32-19-9-7-17(28)8-10-19/h7-13,16,18H,2-6,14-15H2,1H3,(H,32,35)(H,33,37)/t16-,39+/m1/s1. The minimum Gasteiger partial charge on any atom is -0.352 e. The Balaban J connectivity index is 1.79. The monoisotopic (exact) mass is 589 g/mol. The highest BCUT2D eigenvalue weighted by Gasteiger charge is 2.36. The van der Waals surface area contributed by atoms with Crippen molar-refractivity contribution in [3.8, 4) is 0 Å². The zero-order valence-corrected chi connectivity index (χ0v) is 22.6. The Kier molecular flexibility index (Phi) is 10.5. The molecule has 13 heteroatoms. The molecule has 0 aliphatic heterocycles. The Labute approximate surface area is 230 Å². The van der Waals surface area contributed by atoms with Crippen molar-refractivity contribution < 1.29 is 36.2 Å². The Morgan fingerprint density at radius 3 is 2.31 bits per heavy atom. The molecule has 39 heavy (non-hydrogen) atoms. The van der Waals surface area contributed by atoms with Gasteiger partial charge >= 0.3 is 6.18 Å². The Morgan fingerprint density at radius 1 is 1.05 bits per heavy atom. The average Bonchev–Trinajstić information content (AvgIpc) is 2.86. The van der Waals surface area contributed by atoms with Crippen molar-refractivity contribution in [2.45, 2.75) is 57.3 Å². The maximum Gasteiger partial charge on any atom is 0.417 e. The van der Waals surface area contributed by atoms with E-state index >= 15 is 0 Å². The van der Waals surface area contributed by atoms with E-state index < -0.39 is 68.6 Å². The Morgan fingerprint density at radius 2 is 1.69 bits per heavy atom. The molecule has 1 fully saturated rings.